The lowest BCUT2D eigenvalue weighted by molar-refractivity contribution is 0.0796. The Morgan fingerprint density at radius 3 is 2.95 bits per heavy atom. The number of anilines is 1. The van der Waals surface area contributed by atoms with Crippen LogP contribution in [0.4, 0.5) is 6.01 Å². The Morgan fingerprint density at radius 2 is 2.15 bits per heavy atom. The monoisotopic (exact) mass is 274 g/mol. The number of nitrogens with one attached hydrogen (secondary N) is 1. The highest BCUT2D eigenvalue weighted by Gasteiger charge is 2.21. The van der Waals surface area contributed by atoms with Crippen LogP contribution in [-0.4, -0.2) is 34.9 Å². The minimum absolute atomic E-state index is 0.338. The summed E-state index contributed by atoms with van der Waals surface area (Å²) in [6.07, 6.45) is 6.43. The molecule has 6 heteroatoms. The zero-order valence-electron chi connectivity index (χ0n) is 11.3. The third-order valence-electron chi connectivity index (χ3n) is 3.42. The Morgan fingerprint density at radius 1 is 1.25 bits per heavy atom. The predicted octanol–water partition coefficient (Wildman–Crippen LogP) is 2.01. The van der Waals surface area contributed by atoms with E-state index in [-0.39, 0.29) is 0 Å². The minimum Gasteiger partial charge on any atom is -0.408 e. The molecule has 0 atom stereocenters. The minimum atomic E-state index is 0.338. The van der Waals surface area contributed by atoms with E-state index in [0.29, 0.717) is 11.9 Å². The van der Waals surface area contributed by atoms with E-state index >= 15 is 0 Å². The molecular weight excluding hydrogens is 256 g/mol. The summed E-state index contributed by atoms with van der Waals surface area (Å²) in [4.78, 5) is 4.08. The maximum Gasteiger partial charge on any atom is 0.315 e. The van der Waals surface area contributed by atoms with Crippen LogP contribution in [0.25, 0.3) is 0 Å². The van der Waals surface area contributed by atoms with Crippen LogP contribution < -0.4 is 5.32 Å². The first kappa shape index (κ1) is 13.1. The number of hydrogen-bond acceptors (Lipinski definition) is 6. The average Bonchev–Trinajstić information content (AvgIpc) is 2.98. The topological polar surface area (TPSA) is 73.1 Å². The van der Waals surface area contributed by atoms with E-state index in [1.165, 1.54) is 5.56 Å². The summed E-state index contributed by atoms with van der Waals surface area (Å²) < 4.78 is 11.0. The Balaban J connectivity index is 1.50. The van der Waals surface area contributed by atoms with Crippen molar-refractivity contribution in [3.8, 4) is 0 Å². The number of pyridine rings is 1. The van der Waals surface area contributed by atoms with Crippen molar-refractivity contribution in [2.75, 3.05) is 25.1 Å². The summed E-state index contributed by atoms with van der Waals surface area (Å²) in [5.74, 6) is 1.06. The second-order valence-electron chi connectivity index (χ2n) is 4.87. The largest absolute Gasteiger partial charge is 0.408 e. The third-order valence-corrected chi connectivity index (χ3v) is 3.42. The fourth-order valence-corrected chi connectivity index (χ4v) is 2.28. The van der Waals surface area contributed by atoms with E-state index in [1.807, 2.05) is 12.3 Å². The second kappa shape index (κ2) is 6.47. The van der Waals surface area contributed by atoms with E-state index in [4.69, 9.17) is 9.15 Å². The molecule has 2 aromatic rings. The highest BCUT2D eigenvalue weighted by Crippen LogP contribution is 2.26. The molecule has 0 amide bonds. The molecule has 1 aliphatic rings. The summed E-state index contributed by atoms with van der Waals surface area (Å²) in [6, 6.07) is 4.48. The first-order chi connectivity index (χ1) is 9.92. The second-order valence-corrected chi connectivity index (χ2v) is 4.87. The molecule has 0 unspecified atom stereocenters. The van der Waals surface area contributed by atoms with Gasteiger partial charge in [-0.3, -0.25) is 4.98 Å². The lowest BCUT2D eigenvalue weighted by Crippen LogP contribution is -2.14. The average molecular weight is 274 g/mol. The molecule has 3 rings (SSSR count). The van der Waals surface area contributed by atoms with Crippen molar-refractivity contribution >= 4 is 6.01 Å². The van der Waals surface area contributed by atoms with Gasteiger partial charge in [0.2, 0.25) is 5.89 Å². The standard InChI is InChI=1S/C14H18N4O2/c1-2-11(10-15-6-1)3-7-16-14-18-17-13(20-14)12-4-8-19-9-5-12/h1-2,6,10,12H,3-5,7-9H2,(H,16,18). The van der Waals surface area contributed by atoms with E-state index in [9.17, 15) is 0 Å². The highest BCUT2D eigenvalue weighted by molar-refractivity contribution is 5.19. The van der Waals surface area contributed by atoms with E-state index in [0.717, 1.165) is 44.9 Å². The molecule has 0 aliphatic carbocycles. The van der Waals surface area contributed by atoms with Gasteiger partial charge in [-0.2, -0.15) is 0 Å². The van der Waals surface area contributed by atoms with E-state index in [1.54, 1.807) is 6.20 Å². The van der Waals surface area contributed by atoms with Crippen LogP contribution in [0.15, 0.2) is 28.9 Å². The SMILES string of the molecule is c1cncc(CCNc2nnc(C3CCOCC3)o2)c1. The molecule has 2 aromatic heterocycles. The van der Waals surface area contributed by atoms with Gasteiger partial charge in [0.15, 0.2) is 0 Å². The van der Waals surface area contributed by atoms with Gasteiger partial charge in [0, 0.05) is 38.1 Å². The number of aromatic nitrogens is 3. The smallest absolute Gasteiger partial charge is 0.315 e. The fraction of sp³-hybridized carbons (Fsp3) is 0.500. The van der Waals surface area contributed by atoms with Gasteiger partial charge < -0.3 is 14.5 Å². The molecule has 1 saturated heterocycles. The van der Waals surface area contributed by atoms with Crippen molar-refractivity contribution in [1.29, 1.82) is 0 Å². The van der Waals surface area contributed by atoms with Crippen LogP contribution in [-0.2, 0) is 11.2 Å². The van der Waals surface area contributed by atoms with E-state index < -0.39 is 0 Å². The van der Waals surface area contributed by atoms with Crippen LogP contribution in [0.1, 0.15) is 30.2 Å². The maximum atomic E-state index is 5.66. The normalized spacial score (nSPS) is 16.2. The number of rotatable bonds is 5. The Kier molecular flexibility index (Phi) is 4.22. The molecular formula is C14H18N4O2. The number of nitrogens with zero attached hydrogens (tertiary/aromatic N) is 3. The number of ether oxygens (including phenoxy) is 1. The molecule has 0 saturated carbocycles. The summed E-state index contributed by atoms with van der Waals surface area (Å²) >= 11 is 0. The van der Waals surface area contributed by atoms with Crippen LogP contribution in [0.5, 0.6) is 0 Å². The summed E-state index contributed by atoms with van der Waals surface area (Å²) in [5.41, 5.74) is 1.18. The first-order valence-electron chi connectivity index (χ1n) is 6.96. The zero-order valence-corrected chi connectivity index (χ0v) is 11.3. The molecule has 0 bridgehead atoms. The number of hydrogen-bond donors (Lipinski definition) is 1. The highest BCUT2D eigenvalue weighted by atomic mass is 16.5. The van der Waals surface area contributed by atoms with Crippen molar-refractivity contribution in [2.24, 2.45) is 0 Å². The van der Waals surface area contributed by atoms with Gasteiger partial charge >= 0.3 is 6.01 Å². The van der Waals surface area contributed by atoms with Crippen molar-refractivity contribution in [2.45, 2.75) is 25.2 Å². The third kappa shape index (κ3) is 3.33. The fourth-order valence-electron chi connectivity index (χ4n) is 2.28. The lowest BCUT2D eigenvalue weighted by atomic mass is 10.0. The van der Waals surface area contributed by atoms with Gasteiger partial charge in [0.25, 0.3) is 0 Å². The molecule has 20 heavy (non-hydrogen) atoms. The summed E-state index contributed by atoms with van der Waals surface area (Å²) in [6.45, 7) is 2.30. The molecule has 0 radical (unpaired) electrons. The van der Waals surface area contributed by atoms with Crippen LogP contribution >= 0.6 is 0 Å². The molecule has 6 nitrogen and oxygen atoms in total. The van der Waals surface area contributed by atoms with Crippen LogP contribution in [0.2, 0.25) is 0 Å². The van der Waals surface area contributed by atoms with Crippen molar-refractivity contribution in [1.82, 2.24) is 15.2 Å². The van der Waals surface area contributed by atoms with Crippen molar-refractivity contribution in [3.63, 3.8) is 0 Å². The molecule has 1 N–H and O–H groups in total. The maximum absolute atomic E-state index is 5.66. The lowest BCUT2D eigenvalue weighted by Gasteiger charge is -2.18. The summed E-state index contributed by atoms with van der Waals surface area (Å²) in [7, 11) is 0. The van der Waals surface area contributed by atoms with Crippen LogP contribution in [0.3, 0.4) is 0 Å². The van der Waals surface area contributed by atoms with Gasteiger partial charge in [-0.15, -0.1) is 5.10 Å². The quantitative estimate of drug-likeness (QED) is 0.899. The first-order valence-corrected chi connectivity index (χ1v) is 6.96. The van der Waals surface area contributed by atoms with Crippen molar-refractivity contribution < 1.29 is 9.15 Å². The van der Waals surface area contributed by atoms with Gasteiger partial charge in [0.05, 0.1) is 0 Å². The van der Waals surface area contributed by atoms with Gasteiger partial charge in [-0.05, 0) is 30.9 Å². The van der Waals surface area contributed by atoms with E-state index in [2.05, 4.69) is 26.6 Å². The van der Waals surface area contributed by atoms with Crippen LogP contribution in [0, 0.1) is 0 Å². The molecule has 106 valence electrons. The van der Waals surface area contributed by atoms with Gasteiger partial charge in [-0.1, -0.05) is 11.2 Å². The molecule has 1 fully saturated rings. The molecule has 3 heterocycles. The molecule has 0 aromatic carbocycles. The Bertz CT molecular complexity index is 523. The summed E-state index contributed by atoms with van der Waals surface area (Å²) in [5, 5.41) is 11.3. The van der Waals surface area contributed by atoms with Crippen molar-refractivity contribution in [3.05, 3.63) is 36.0 Å². The molecule has 1 aliphatic heterocycles. The Hall–Kier alpha value is -1.95. The predicted molar refractivity (Wildman–Crippen MR) is 73.5 cm³/mol. The molecule has 0 spiro atoms. The Labute approximate surface area is 117 Å². The van der Waals surface area contributed by atoms with Gasteiger partial charge in [-0.25, -0.2) is 0 Å². The van der Waals surface area contributed by atoms with Gasteiger partial charge in [0.1, 0.15) is 0 Å². The zero-order chi connectivity index (χ0) is 13.6.